The van der Waals surface area contributed by atoms with Crippen molar-refractivity contribution in [2.45, 2.75) is 50.2 Å². The number of carbonyl (C=O) groups is 1. The molecule has 4 atom stereocenters. The highest BCUT2D eigenvalue weighted by atomic mass is 28.4. The summed E-state index contributed by atoms with van der Waals surface area (Å²) >= 11 is 0. The lowest BCUT2D eigenvalue weighted by molar-refractivity contribution is -0.385. The van der Waals surface area contributed by atoms with Gasteiger partial charge in [-0.3, -0.25) is 24.8 Å². The van der Waals surface area contributed by atoms with Crippen molar-refractivity contribution >= 4 is 36.6 Å². The van der Waals surface area contributed by atoms with Gasteiger partial charge in [-0.1, -0.05) is 31.2 Å². The van der Waals surface area contributed by atoms with E-state index in [9.17, 15) is 24.8 Å². The Morgan fingerprint density at radius 2 is 1.83 bits per heavy atom. The third-order valence-electron chi connectivity index (χ3n) is 8.70. The van der Waals surface area contributed by atoms with Crippen molar-refractivity contribution in [3.05, 3.63) is 98.3 Å². The van der Waals surface area contributed by atoms with Crippen molar-refractivity contribution in [3.63, 3.8) is 0 Å². The summed E-state index contributed by atoms with van der Waals surface area (Å²) in [4.78, 5) is 39.9. The third kappa shape index (κ3) is 4.20. The maximum absolute atomic E-state index is 15.7. The normalized spacial score (nSPS) is 23.7. The summed E-state index contributed by atoms with van der Waals surface area (Å²) in [5.41, 5.74) is 0.330. The monoisotopic (exact) mass is 590 g/mol. The molecule has 2 aliphatic heterocycles. The summed E-state index contributed by atoms with van der Waals surface area (Å²) in [6.07, 6.45) is -0.551. The van der Waals surface area contributed by atoms with Crippen molar-refractivity contribution in [2.24, 2.45) is 5.92 Å². The number of fused-ring (bicyclic) bond motifs is 3. The zero-order valence-corrected chi connectivity index (χ0v) is 24.4. The number of halogens is 1. The number of ether oxygens (including phenoxy) is 1. The lowest BCUT2D eigenvalue weighted by atomic mass is 9.82. The molecule has 0 bridgehead atoms. The van der Waals surface area contributed by atoms with E-state index in [1.807, 2.05) is 24.3 Å². The van der Waals surface area contributed by atoms with Crippen molar-refractivity contribution in [1.29, 1.82) is 0 Å². The number of hydrogen-bond acceptors (Lipinski definition) is 6. The van der Waals surface area contributed by atoms with Gasteiger partial charge in [0.15, 0.2) is 5.60 Å². The Balaban J connectivity index is 1.38. The van der Waals surface area contributed by atoms with Crippen molar-refractivity contribution in [1.82, 2.24) is 9.78 Å². The molecule has 12 heteroatoms. The number of aliphatic hydroxyl groups is 1. The minimum Gasteiger partial charge on any atom is -0.396 e. The first kappa shape index (κ1) is 28.0. The second-order valence-corrected chi connectivity index (χ2v) is 15.4. The van der Waals surface area contributed by atoms with Crippen LogP contribution < -0.4 is 10.5 Å². The summed E-state index contributed by atoms with van der Waals surface area (Å²) in [6, 6.07) is 18.7. The predicted molar refractivity (Wildman–Crippen MR) is 158 cm³/mol. The number of aromatic amines is 1. The number of anilines is 1. The number of rotatable bonds is 7. The van der Waals surface area contributed by atoms with E-state index in [1.54, 1.807) is 50.3 Å². The standard InChI is InChI=1S/C30H31FN4O6Si/c1-18-27(42(2,3)31)26(14-15-36)41-30(18)23-16-21(35(39)40)12-13-25(23)33(29(30)38)17-19-8-10-20(11-9-19)34-28(37)22-6-4-5-7-24(22)32-34/h4-13,16,18,26-27,32,36H,14-15,17H2,1-3H3/t18-,26+,27-,30+/m0/s1. The number of nitrogens with one attached hydrogen (secondary N) is 1. The van der Waals surface area contributed by atoms with E-state index in [2.05, 4.69) is 5.10 Å². The maximum Gasteiger partial charge on any atom is 0.279 e. The van der Waals surface area contributed by atoms with Crippen molar-refractivity contribution in [2.75, 3.05) is 11.5 Å². The Labute approximate surface area is 241 Å². The molecule has 1 spiro atoms. The molecule has 3 heterocycles. The first-order valence-electron chi connectivity index (χ1n) is 13.8. The van der Waals surface area contributed by atoms with E-state index in [0.717, 1.165) is 5.56 Å². The largest absolute Gasteiger partial charge is 0.396 e. The molecule has 1 amide bonds. The zero-order chi connectivity index (χ0) is 30.0. The van der Waals surface area contributed by atoms with Gasteiger partial charge in [-0.15, -0.1) is 0 Å². The fraction of sp³-hybridized carbons (Fsp3) is 0.333. The number of para-hydroxylation sites is 1. The molecule has 0 saturated carbocycles. The average molecular weight is 591 g/mol. The minimum absolute atomic E-state index is 0.134. The first-order chi connectivity index (χ1) is 20.0. The molecular weight excluding hydrogens is 559 g/mol. The van der Waals surface area contributed by atoms with Gasteiger partial charge in [0, 0.05) is 35.8 Å². The number of nitro benzene ring substituents is 1. The summed E-state index contributed by atoms with van der Waals surface area (Å²) in [5.74, 6) is -1.03. The Hall–Kier alpha value is -4.13. The topological polar surface area (TPSA) is 131 Å². The van der Waals surface area contributed by atoms with Gasteiger partial charge in [0.1, 0.15) is 0 Å². The van der Waals surface area contributed by atoms with Gasteiger partial charge in [0.2, 0.25) is 8.41 Å². The molecule has 10 nitrogen and oxygen atoms in total. The van der Waals surface area contributed by atoms with Gasteiger partial charge in [0.05, 0.1) is 39.8 Å². The van der Waals surface area contributed by atoms with Gasteiger partial charge in [-0.05, 0) is 55.4 Å². The third-order valence-corrected chi connectivity index (χ3v) is 11.2. The molecule has 218 valence electrons. The molecule has 3 aromatic carbocycles. The molecule has 0 radical (unpaired) electrons. The SMILES string of the molecule is C[C@H]1[C@H]([Si](C)(C)F)[C@@H](CCO)O[C@]12C(=O)N(Cc1ccc(-n3[nH]c4ccccc4c3=O)cc1)c1ccc([N+](=O)[O-])cc12. The van der Waals surface area contributed by atoms with Crippen LogP contribution >= 0.6 is 0 Å². The van der Waals surface area contributed by atoms with Crippen LogP contribution in [-0.4, -0.2) is 46.8 Å². The number of benzene rings is 3. The Morgan fingerprint density at radius 1 is 1.12 bits per heavy atom. The highest BCUT2D eigenvalue weighted by Gasteiger charge is 2.66. The average Bonchev–Trinajstić information content (AvgIpc) is 3.53. The van der Waals surface area contributed by atoms with Gasteiger partial charge in [-0.25, -0.2) is 4.68 Å². The summed E-state index contributed by atoms with van der Waals surface area (Å²) in [5, 5.41) is 25.1. The second-order valence-electron chi connectivity index (χ2n) is 11.6. The number of aliphatic hydroxyl groups excluding tert-OH is 1. The number of nitrogens with zero attached hydrogens (tertiary/aromatic N) is 3. The quantitative estimate of drug-likeness (QED) is 0.136. The van der Waals surface area contributed by atoms with Crippen LogP contribution in [-0.2, 0) is 21.7 Å². The number of H-pyrrole nitrogens is 1. The number of amides is 1. The first-order valence-corrected chi connectivity index (χ1v) is 16.8. The zero-order valence-electron chi connectivity index (χ0n) is 23.4. The number of nitro groups is 1. The van der Waals surface area contributed by atoms with E-state index >= 15 is 4.11 Å². The van der Waals surface area contributed by atoms with E-state index in [4.69, 9.17) is 4.74 Å². The van der Waals surface area contributed by atoms with Crippen molar-refractivity contribution in [3.8, 4) is 5.69 Å². The molecule has 0 aliphatic carbocycles. The second kappa shape index (κ2) is 10.0. The summed E-state index contributed by atoms with van der Waals surface area (Å²) in [7, 11) is -3.39. The van der Waals surface area contributed by atoms with Crippen LogP contribution in [0.1, 0.15) is 24.5 Å². The van der Waals surface area contributed by atoms with Crippen LogP contribution in [0.25, 0.3) is 16.6 Å². The molecular formula is C30H31FN4O6Si. The summed E-state index contributed by atoms with van der Waals surface area (Å²) < 4.78 is 23.6. The summed E-state index contributed by atoms with van der Waals surface area (Å²) in [6.45, 7) is 4.79. The van der Waals surface area contributed by atoms with E-state index < -0.39 is 42.4 Å². The molecule has 6 rings (SSSR count). The molecule has 1 fully saturated rings. The van der Waals surface area contributed by atoms with Crippen LogP contribution in [0.4, 0.5) is 15.5 Å². The molecule has 1 aromatic heterocycles. The van der Waals surface area contributed by atoms with Crippen molar-refractivity contribution < 1.29 is 23.7 Å². The fourth-order valence-corrected chi connectivity index (χ4v) is 9.42. The van der Waals surface area contributed by atoms with Crippen LogP contribution in [0.5, 0.6) is 0 Å². The lowest BCUT2D eigenvalue weighted by Crippen LogP contribution is -2.45. The maximum atomic E-state index is 15.7. The van der Waals surface area contributed by atoms with Gasteiger partial charge >= 0.3 is 0 Å². The highest BCUT2D eigenvalue weighted by molar-refractivity contribution is 6.72. The van der Waals surface area contributed by atoms with Crippen LogP contribution in [0, 0.1) is 16.0 Å². The molecule has 4 aromatic rings. The molecule has 1 saturated heterocycles. The van der Waals surface area contributed by atoms with E-state index in [1.165, 1.54) is 21.7 Å². The smallest absolute Gasteiger partial charge is 0.279 e. The van der Waals surface area contributed by atoms with Crippen LogP contribution in [0.15, 0.2) is 71.5 Å². The van der Waals surface area contributed by atoms with E-state index in [-0.39, 0.29) is 30.8 Å². The molecule has 2 aliphatic rings. The fourth-order valence-electron chi connectivity index (χ4n) is 6.88. The van der Waals surface area contributed by atoms with Gasteiger partial charge < -0.3 is 18.9 Å². The highest BCUT2D eigenvalue weighted by Crippen LogP contribution is 2.60. The van der Waals surface area contributed by atoms with Gasteiger partial charge in [-0.2, -0.15) is 0 Å². The molecule has 0 unspecified atom stereocenters. The number of aromatic nitrogens is 2. The molecule has 42 heavy (non-hydrogen) atoms. The van der Waals surface area contributed by atoms with E-state index in [0.29, 0.717) is 27.8 Å². The Morgan fingerprint density at radius 3 is 2.48 bits per heavy atom. The molecule has 2 N–H and O–H groups in total. The van der Waals surface area contributed by atoms with Gasteiger partial charge in [0.25, 0.3) is 17.2 Å². The number of non-ortho nitro benzene ring substituents is 1. The lowest BCUT2D eigenvalue weighted by Gasteiger charge is -2.31. The minimum atomic E-state index is -3.39. The van der Waals surface area contributed by atoms with Crippen LogP contribution in [0.2, 0.25) is 18.6 Å². The predicted octanol–water partition coefficient (Wildman–Crippen LogP) is 4.93. The number of hydrogen-bond donors (Lipinski definition) is 2. The Kier molecular flexibility index (Phi) is 6.67. The Bertz CT molecular complexity index is 1760. The number of carbonyl (C=O) groups excluding carboxylic acids is 1. The van der Waals surface area contributed by atoms with Crippen LogP contribution in [0.3, 0.4) is 0 Å².